The zero-order valence-electron chi connectivity index (χ0n) is 17.1. The first kappa shape index (κ1) is 21.5. The average molecular weight is 434 g/mol. The van der Waals surface area contributed by atoms with Gasteiger partial charge in [-0.2, -0.15) is 0 Å². The molecule has 0 spiro atoms. The highest BCUT2D eigenvalue weighted by Gasteiger charge is 2.53. The number of nitrogens with one attached hydrogen (secondary N) is 2. The van der Waals surface area contributed by atoms with Crippen LogP contribution in [0.1, 0.15) is 5.56 Å². The molecule has 2 saturated heterocycles. The molecule has 2 amide bonds. The predicted molar refractivity (Wildman–Crippen MR) is 107 cm³/mol. The lowest BCUT2D eigenvalue weighted by molar-refractivity contribution is -0.151. The molecule has 0 aromatic heterocycles. The van der Waals surface area contributed by atoms with E-state index in [9.17, 15) is 19.8 Å². The fourth-order valence-corrected chi connectivity index (χ4v) is 3.99. The molecule has 6 N–H and O–H groups in total. The van der Waals surface area contributed by atoms with Crippen molar-refractivity contribution in [2.75, 3.05) is 14.2 Å². The Morgan fingerprint density at radius 3 is 2.90 bits per heavy atom. The van der Waals surface area contributed by atoms with Crippen molar-refractivity contribution in [1.82, 2.24) is 20.4 Å². The Labute approximate surface area is 178 Å². The molecule has 31 heavy (non-hydrogen) atoms. The Kier molecular flexibility index (Phi) is 5.81. The van der Waals surface area contributed by atoms with Crippen LogP contribution in [0.15, 0.2) is 29.3 Å². The van der Waals surface area contributed by atoms with Crippen LogP contribution in [0.25, 0.3) is 0 Å². The number of carbonyl (C=O) groups excluding carboxylic acids is 2. The highest BCUT2D eigenvalue weighted by molar-refractivity contribution is 5.87. The van der Waals surface area contributed by atoms with E-state index in [0.717, 1.165) is 5.56 Å². The Balaban J connectivity index is 1.45. The average Bonchev–Trinajstić information content (AvgIpc) is 3.29. The molecule has 3 aliphatic rings. The summed E-state index contributed by atoms with van der Waals surface area (Å²) >= 11 is 0. The van der Waals surface area contributed by atoms with Crippen LogP contribution in [0.5, 0.6) is 5.75 Å². The molecular formula is C19H26N6O6. The predicted octanol–water partition coefficient (Wildman–Crippen LogP) is -2.90. The van der Waals surface area contributed by atoms with Gasteiger partial charge in [-0.15, -0.1) is 0 Å². The molecule has 1 aromatic rings. The molecule has 7 atom stereocenters. The van der Waals surface area contributed by atoms with Crippen LogP contribution in [-0.2, 0) is 20.9 Å². The van der Waals surface area contributed by atoms with Crippen molar-refractivity contribution in [3.05, 3.63) is 29.8 Å². The van der Waals surface area contributed by atoms with Crippen molar-refractivity contribution in [3.8, 4) is 5.75 Å². The number of nitrogens with zero attached hydrogens (tertiary/aromatic N) is 3. The smallest absolute Gasteiger partial charge is 0.254 e. The molecule has 0 aliphatic carbocycles. The van der Waals surface area contributed by atoms with Crippen LogP contribution in [0.2, 0.25) is 0 Å². The number of aliphatic hydroxyl groups is 2. The van der Waals surface area contributed by atoms with Gasteiger partial charge in [-0.25, -0.2) is 0 Å². The molecule has 0 bridgehead atoms. The second kappa shape index (κ2) is 8.40. The minimum absolute atomic E-state index is 0.260. The van der Waals surface area contributed by atoms with Crippen LogP contribution in [-0.4, -0.2) is 95.4 Å². The van der Waals surface area contributed by atoms with Crippen molar-refractivity contribution in [1.29, 1.82) is 0 Å². The van der Waals surface area contributed by atoms with Gasteiger partial charge in [-0.3, -0.25) is 25.6 Å². The van der Waals surface area contributed by atoms with E-state index in [1.165, 1.54) is 16.1 Å². The normalized spacial score (nSPS) is 34.4. The number of ether oxygens (including phenoxy) is 2. The molecule has 12 heteroatoms. The molecule has 4 rings (SSSR count). The van der Waals surface area contributed by atoms with Crippen LogP contribution in [0, 0.1) is 0 Å². The zero-order chi connectivity index (χ0) is 22.3. The second-order valence-corrected chi connectivity index (χ2v) is 7.73. The third-order valence-electron chi connectivity index (χ3n) is 5.60. The monoisotopic (exact) mass is 434 g/mol. The summed E-state index contributed by atoms with van der Waals surface area (Å²) in [4.78, 5) is 32.0. The third-order valence-corrected chi connectivity index (χ3v) is 5.60. The SMILES string of the molecule is COc1cccc(CN(C)C(=O)[C@H]2O[C@@H](N3C=NC4C(=O)NC(N)NC43)[C@H](O)[C@@H]2O)c1. The van der Waals surface area contributed by atoms with E-state index in [1.807, 2.05) is 12.1 Å². The molecule has 1 aromatic carbocycles. The Bertz CT molecular complexity index is 883. The summed E-state index contributed by atoms with van der Waals surface area (Å²) in [5, 5.41) is 26.6. The molecule has 3 unspecified atom stereocenters. The molecule has 3 aliphatic heterocycles. The molecule has 12 nitrogen and oxygen atoms in total. The summed E-state index contributed by atoms with van der Waals surface area (Å²) in [7, 11) is 3.14. The van der Waals surface area contributed by atoms with E-state index < -0.39 is 48.9 Å². The summed E-state index contributed by atoms with van der Waals surface area (Å²) in [6.07, 6.45) is -5.33. The van der Waals surface area contributed by atoms with Gasteiger partial charge in [0.1, 0.15) is 30.4 Å². The van der Waals surface area contributed by atoms with Crippen molar-refractivity contribution < 1.29 is 29.3 Å². The van der Waals surface area contributed by atoms with Gasteiger partial charge in [0.25, 0.3) is 11.8 Å². The lowest BCUT2D eigenvalue weighted by atomic mass is 10.1. The lowest BCUT2D eigenvalue weighted by Crippen LogP contribution is -2.70. The molecule has 168 valence electrons. The zero-order valence-corrected chi connectivity index (χ0v) is 17.1. The number of nitrogens with two attached hydrogens (primary N) is 1. The Morgan fingerprint density at radius 1 is 1.39 bits per heavy atom. The van der Waals surface area contributed by atoms with E-state index >= 15 is 0 Å². The van der Waals surface area contributed by atoms with Crippen molar-refractivity contribution in [2.45, 2.75) is 49.6 Å². The summed E-state index contributed by atoms with van der Waals surface area (Å²) in [5.41, 5.74) is 6.60. The number of rotatable bonds is 5. The first-order valence-corrected chi connectivity index (χ1v) is 9.82. The minimum atomic E-state index is -1.45. The molecule has 2 fully saturated rings. The minimum Gasteiger partial charge on any atom is -0.497 e. The maximum atomic E-state index is 13.0. The summed E-state index contributed by atoms with van der Waals surface area (Å²) in [5.74, 6) is -0.194. The highest BCUT2D eigenvalue weighted by Crippen LogP contribution is 2.29. The van der Waals surface area contributed by atoms with Crippen LogP contribution < -0.4 is 21.1 Å². The van der Waals surface area contributed by atoms with Gasteiger partial charge in [0, 0.05) is 13.6 Å². The Morgan fingerprint density at radius 2 is 2.16 bits per heavy atom. The number of aliphatic hydroxyl groups excluding tert-OH is 2. The fraction of sp³-hybridized carbons (Fsp3) is 0.526. The van der Waals surface area contributed by atoms with Crippen molar-refractivity contribution in [3.63, 3.8) is 0 Å². The maximum Gasteiger partial charge on any atom is 0.254 e. The van der Waals surface area contributed by atoms with Crippen molar-refractivity contribution in [2.24, 2.45) is 10.7 Å². The molecule has 0 radical (unpaired) electrons. The van der Waals surface area contributed by atoms with Gasteiger partial charge >= 0.3 is 0 Å². The van der Waals surface area contributed by atoms with Gasteiger partial charge in [0.15, 0.2) is 18.4 Å². The van der Waals surface area contributed by atoms with Crippen molar-refractivity contribution >= 4 is 18.2 Å². The number of benzene rings is 1. The molecule has 0 saturated carbocycles. The highest BCUT2D eigenvalue weighted by atomic mass is 16.6. The summed E-state index contributed by atoms with van der Waals surface area (Å²) in [6.45, 7) is 0.260. The number of hydrogen-bond donors (Lipinski definition) is 5. The van der Waals surface area contributed by atoms with Gasteiger partial charge in [0.05, 0.1) is 13.4 Å². The van der Waals surface area contributed by atoms with E-state index in [2.05, 4.69) is 15.6 Å². The summed E-state index contributed by atoms with van der Waals surface area (Å²) < 4.78 is 11.0. The first-order chi connectivity index (χ1) is 14.8. The van der Waals surface area contributed by atoms with Gasteiger partial charge in [-0.1, -0.05) is 12.1 Å². The van der Waals surface area contributed by atoms with Crippen LogP contribution in [0.4, 0.5) is 0 Å². The quantitative estimate of drug-likeness (QED) is 0.327. The van der Waals surface area contributed by atoms with E-state index in [4.69, 9.17) is 15.2 Å². The largest absolute Gasteiger partial charge is 0.497 e. The number of fused-ring (bicyclic) bond motifs is 1. The van der Waals surface area contributed by atoms with Crippen LogP contribution in [0.3, 0.4) is 0 Å². The molecular weight excluding hydrogens is 408 g/mol. The van der Waals surface area contributed by atoms with Gasteiger partial charge < -0.3 is 34.8 Å². The topological polar surface area (TPSA) is 162 Å². The van der Waals surface area contributed by atoms with Crippen LogP contribution >= 0.6 is 0 Å². The van der Waals surface area contributed by atoms with E-state index in [-0.39, 0.29) is 12.5 Å². The number of hydrogen-bond acceptors (Lipinski definition) is 10. The van der Waals surface area contributed by atoms with Gasteiger partial charge in [-0.05, 0) is 17.7 Å². The lowest BCUT2D eigenvalue weighted by Gasteiger charge is -2.38. The summed E-state index contributed by atoms with van der Waals surface area (Å²) in [6, 6.07) is 6.48. The number of amides is 2. The standard InChI is InChI=1S/C19H26N6O6/c1-24(7-9-4-3-5-10(6-9)30-2)17(29)14-12(26)13(27)18(31-14)25-8-21-11-15(25)22-19(20)23-16(11)28/h3-6,8,11-15,18-19,22,26-27H,7,20H2,1-2H3,(H,23,28)/t11?,12-,13+,14-,15?,18+,19?/m0/s1. The van der Waals surface area contributed by atoms with Gasteiger partial charge in [0.2, 0.25) is 0 Å². The number of carbonyl (C=O) groups is 2. The first-order valence-electron chi connectivity index (χ1n) is 9.82. The Hall–Kier alpha value is -2.77. The van der Waals surface area contributed by atoms with E-state index in [0.29, 0.717) is 5.75 Å². The second-order valence-electron chi connectivity index (χ2n) is 7.73. The number of aliphatic imine (C=N–C) groups is 1. The number of likely N-dealkylation sites (N-methyl/N-ethyl adjacent to an activating group) is 1. The maximum absolute atomic E-state index is 13.0. The number of methoxy groups -OCH3 is 1. The molecule has 3 heterocycles. The third kappa shape index (κ3) is 3.95. The van der Waals surface area contributed by atoms with E-state index in [1.54, 1.807) is 26.3 Å². The fourth-order valence-electron chi connectivity index (χ4n) is 3.99.